The van der Waals surface area contributed by atoms with Crippen molar-refractivity contribution < 1.29 is 66.2 Å². The molecular formula is C72H81Cl3F4N10O14. The van der Waals surface area contributed by atoms with Crippen molar-refractivity contribution in [3.8, 4) is 45.1 Å². The number of rotatable bonds is 13. The molecule has 4 aromatic heterocycles. The summed E-state index contributed by atoms with van der Waals surface area (Å²) < 4.78 is 87.9. The highest BCUT2D eigenvalue weighted by Gasteiger charge is 2.43. The molecule has 6 heterocycles. The molecule has 2 saturated heterocycles. The number of hydrogen-bond donors (Lipinski definition) is 3. The fraction of sp³-hybridized carbons (Fsp3) is 0.417. The molecule has 0 radical (unpaired) electrons. The molecule has 24 nitrogen and oxygen atoms in total. The molecule has 31 heteroatoms. The van der Waals surface area contributed by atoms with Gasteiger partial charge in [-0.1, -0.05) is 74.6 Å². The third-order valence-corrected chi connectivity index (χ3v) is 18.1. The lowest BCUT2D eigenvalue weighted by Crippen LogP contribution is -2.61. The van der Waals surface area contributed by atoms with Gasteiger partial charge in [-0.05, 0) is 141 Å². The summed E-state index contributed by atoms with van der Waals surface area (Å²) in [7, 11) is 2.57. The molecule has 0 saturated carbocycles. The second kappa shape index (κ2) is 31.8. The lowest BCUT2D eigenvalue weighted by Gasteiger charge is -2.45. The van der Waals surface area contributed by atoms with E-state index in [-0.39, 0.29) is 116 Å². The van der Waals surface area contributed by atoms with Crippen LogP contribution in [0.3, 0.4) is 0 Å². The minimum atomic E-state index is -1.19. The summed E-state index contributed by atoms with van der Waals surface area (Å²) in [6.07, 6.45) is 2.08. The molecule has 2 aliphatic rings. The summed E-state index contributed by atoms with van der Waals surface area (Å²) in [6, 6.07) is 11.8. The highest BCUT2D eigenvalue weighted by Crippen LogP contribution is 2.48. The number of anilines is 1. The predicted octanol–water partition coefficient (Wildman–Crippen LogP) is 14.7. The van der Waals surface area contributed by atoms with Crippen LogP contribution in [0.5, 0.6) is 11.5 Å². The van der Waals surface area contributed by atoms with Crippen molar-refractivity contribution in [1.82, 2.24) is 34.2 Å². The van der Waals surface area contributed by atoms with Crippen LogP contribution in [0.25, 0.3) is 55.4 Å². The van der Waals surface area contributed by atoms with Crippen LogP contribution in [-0.2, 0) is 9.47 Å². The van der Waals surface area contributed by atoms with Crippen LogP contribution in [0.15, 0.2) is 82.6 Å². The Hall–Kier alpha value is -9.19. The Balaban J connectivity index is 0.000000223. The zero-order chi connectivity index (χ0) is 76.5. The number of aromatic nitrogens is 4. The van der Waals surface area contributed by atoms with Crippen LogP contribution < -0.4 is 30.8 Å². The second-order valence-corrected chi connectivity index (χ2v) is 28.6. The van der Waals surface area contributed by atoms with E-state index >= 15 is 13.2 Å². The standard InChI is InChI=1S/C36H40ClF2N5O7.C25H19Cl2F2N3O4.C11H22N2O3/c1-18(2)29-30(19(3)12-13-40-29)43-31-22(14-23(37)26(28(31)39)27-24(38)10-9-11-25(27)50-8)32(33(34(43)46)44(48)49)42-15-20(4)41(16-21(42)17-45)35(47)51-36(5,6)7;1-11(2)21-22(12(3)8-9-30-21)31-23-13(19(27)24(25(31)33)32(34)35)10-14(26)17(20(23)29)18-15(28)6-5-7-16(18)36-4;1-8-5-12-9(7-14)6-13(8)10(15)16-11(2,3)4/h9-14,18,20-21,45H,15-17H2,1-8H3;5-11H,1-4H3;8-9,12,14H,5-7H2,1-4H3/t20-,21-;;8-,9-/m1.1/s1. The van der Waals surface area contributed by atoms with E-state index in [9.17, 15) is 48.9 Å². The smallest absolute Gasteiger partial charge is 0.410 e. The van der Waals surface area contributed by atoms with Crippen molar-refractivity contribution in [2.75, 3.05) is 58.5 Å². The Morgan fingerprint density at radius 2 is 1.06 bits per heavy atom. The predicted molar refractivity (Wildman–Crippen MR) is 386 cm³/mol. The number of nitrogens with zero attached hydrogens (tertiary/aromatic N) is 9. The van der Waals surface area contributed by atoms with Gasteiger partial charge in [-0.3, -0.25) is 48.9 Å². The minimum Gasteiger partial charge on any atom is -0.496 e. The highest BCUT2D eigenvalue weighted by atomic mass is 35.5. The Morgan fingerprint density at radius 1 is 0.631 bits per heavy atom. The van der Waals surface area contributed by atoms with Crippen LogP contribution in [0.4, 0.5) is 44.2 Å². The number of halogens is 7. The highest BCUT2D eigenvalue weighted by molar-refractivity contribution is 6.39. The van der Waals surface area contributed by atoms with Gasteiger partial charge in [0.2, 0.25) is 0 Å². The molecule has 4 aromatic carbocycles. The van der Waals surface area contributed by atoms with Gasteiger partial charge in [0.1, 0.15) is 45.0 Å². The molecule has 2 aliphatic heterocycles. The number of carbonyl (C=O) groups excluding carboxylic acids is 2. The second-order valence-electron chi connectivity index (χ2n) is 27.4. The lowest BCUT2D eigenvalue weighted by atomic mass is 9.97. The minimum absolute atomic E-state index is 0.00233. The summed E-state index contributed by atoms with van der Waals surface area (Å²) in [5.74, 6) is -4.53. The van der Waals surface area contributed by atoms with Crippen molar-refractivity contribution in [3.05, 3.63) is 175 Å². The summed E-state index contributed by atoms with van der Waals surface area (Å²) >= 11 is 19.5. The maximum absolute atomic E-state index is 17.6. The number of benzene rings is 4. The molecule has 552 valence electrons. The van der Waals surface area contributed by atoms with Crippen LogP contribution in [0, 0.1) is 57.3 Å². The van der Waals surface area contributed by atoms with Crippen LogP contribution in [-0.4, -0.2) is 150 Å². The Morgan fingerprint density at radius 3 is 1.47 bits per heavy atom. The third-order valence-electron chi connectivity index (χ3n) is 17.1. The molecule has 103 heavy (non-hydrogen) atoms. The maximum atomic E-state index is 17.6. The van der Waals surface area contributed by atoms with Crippen LogP contribution in [0.2, 0.25) is 15.1 Å². The average molecular weight is 1490 g/mol. The van der Waals surface area contributed by atoms with Gasteiger partial charge in [-0.15, -0.1) is 0 Å². The first-order chi connectivity index (χ1) is 48.3. The number of aryl methyl sites for hydroxylation is 2. The molecular weight excluding hydrogens is 1410 g/mol. The molecule has 0 spiro atoms. The van der Waals surface area contributed by atoms with Gasteiger partial charge in [-0.2, -0.15) is 0 Å². The molecule has 2 amide bonds. The fourth-order valence-electron chi connectivity index (χ4n) is 12.4. The van der Waals surface area contributed by atoms with E-state index in [1.165, 1.54) is 72.8 Å². The number of aliphatic hydroxyl groups excluding tert-OH is 2. The molecule has 3 N–H and O–H groups in total. The van der Waals surface area contributed by atoms with E-state index < -0.39 is 113 Å². The summed E-state index contributed by atoms with van der Waals surface area (Å²) in [4.78, 5) is 89.7. The van der Waals surface area contributed by atoms with Crippen LogP contribution in [0.1, 0.15) is 117 Å². The van der Waals surface area contributed by atoms with Crippen LogP contribution >= 0.6 is 34.8 Å². The zero-order valence-corrected chi connectivity index (χ0v) is 61.9. The molecule has 0 unspecified atom stereocenters. The number of hydrogen-bond acceptors (Lipinski definition) is 18. The number of fused-ring (bicyclic) bond motifs is 2. The van der Waals surface area contributed by atoms with Crippen molar-refractivity contribution in [2.24, 2.45) is 0 Å². The van der Waals surface area contributed by atoms with Gasteiger partial charge in [0.15, 0.2) is 11.6 Å². The first-order valence-corrected chi connectivity index (χ1v) is 33.8. The van der Waals surface area contributed by atoms with E-state index in [1.807, 2.05) is 55.4 Å². The number of methoxy groups -OCH3 is 2. The van der Waals surface area contributed by atoms with E-state index in [1.54, 1.807) is 58.6 Å². The number of aliphatic hydroxyl groups is 2. The van der Waals surface area contributed by atoms with Gasteiger partial charge >= 0.3 is 34.7 Å². The van der Waals surface area contributed by atoms with E-state index in [0.717, 1.165) is 21.3 Å². The Labute approximate surface area is 605 Å². The Kier molecular flexibility index (Phi) is 24.6. The normalized spacial score (nSPS) is 16.3. The van der Waals surface area contributed by atoms with Crippen molar-refractivity contribution in [3.63, 3.8) is 0 Å². The van der Waals surface area contributed by atoms with E-state index in [2.05, 4.69) is 15.3 Å². The molecule has 8 aromatic rings. The molecule has 4 atom stereocenters. The van der Waals surface area contributed by atoms with E-state index in [4.69, 9.17) is 58.9 Å². The summed E-state index contributed by atoms with van der Waals surface area (Å²) in [5, 5.41) is 46.2. The topological polar surface area (TPSA) is 289 Å². The number of nitro groups is 2. The van der Waals surface area contributed by atoms with Gasteiger partial charge in [0.25, 0.3) is 0 Å². The number of ether oxygens (including phenoxy) is 4. The number of nitrogens with one attached hydrogen (secondary N) is 1. The largest absolute Gasteiger partial charge is 0.496 e. The number of piperazine rings is 2. The quantitative estimate of drug-likeness (QED) is 0.0549. The zero-order valence-electron chi connectivity index (χ0n) is 59.6. The fourth-order valence-corrected chi connectivity index (χ4v) is 13.3. The maximum Gasteiger partial charge on any atom is 0.410 e. The number of pyridine rings is 4. The van der Waals surface area contributed by atoms with E-state index in [0.29, 0.717) is 35.6 Å². The third kappa shape index (κ3) is 16.1. The number of amides is 2. The van der Waals surface area contributed by atoms with Gasteiger partial charge in [0, 0.05) is 78.6 Å². The molecule has 2 fully saturated rings. The summed E-state index contributed by atoms with van der Waals surface area (Å²) in [6.45, 7) is 25.2. The molecule has 10 rings (SSSR count). The van der Waals surface area contributed by atoms with Gasteiger partial charge < -0.3 is 49.2 Å². The van der Waals surface area contributed by atoms with Crippen molar-refractivity contribution in [1.29, 1.82) is 0 Å². The van der Waals surface area contributed by atoms with Crippen molar-refractivity contribution >= 4 is 85.9 Å². The number of carbonyl (C=O) groups is 2. The molecule has 0 aliphatic carbocycles. The first kappa shape index (κ1) is 79.5. The van der Waals surface area contributed by atoms with Crippen molar-refractivity contribution in [2.45, 2.75) is 144 Å². The average Bonchev–Trinajstić information content (AvgIpc) is 0.719. The SMILES string of the molecule is COc1cccc(F)c1-c1c(Cl)cc2c(Cl)c([N+](=O)[O-])c(=O)n(-c3c(C)ccnc3C(C)C)c2c1F.COc1cccc(F)c1-c1c(Cl)cc2c(N3C[C@@H](C)N(C(=O)OC(C)(C)C)C[C@@H]3CO)c([N+](=O)[O-])c(=O)n(-c3c(C)ccnc3C(C)C)c2c1F.C[C@@H]1CN[C@@H](CO)CN1C(=O)OC(C)(C)C. The van der Waals surface area contributed by atoms with Gasteiger partial charge in [0.05, 0.1) is 98.3 Å². The lowest BCUT2D eigenvalue weighted by molar-refractivity contribution is -0.386. The van der Waals surface area contributed by atoms with Gasteiger partial charge in [-0.25, -0.2) is 27.2 Å². The molecule has 0 bridgehead atoms. The Bertz CT molecular complexity index is 4760. The summed E-state index contributed by atoms with van der Waals surface area (Å²) in [5.41, 5.74) is -6.06. The monoisotopic (exact) mass is 1490 g/mol. The first-order valence-electron chi connectivity index (χ1n) is 32.7.